The Labute approximate surface area is 202 Å². The van der Waals surface area contributed by atoms with Gasteiger partial charge in [0.1, 0.15) is 12.6 Å². The number of amides is 2. The summed E-state index contributed by atoms with van der Waals surface area (Å²) in [6.45, 7) is 4.09. The van der Waals surface area contributed by atoms with E-state index in [9.17, 15) is 19.5 Å². The van der Waals surface area contributed by atoms with Crippen LogP contribution in [0.1, 0.15) is 41.4 Å². The van der Waals surface area contributed by atoms with Crippen LogP contribution in [0.3, 0.4) is 0 Å². The third-order valence-electron chi connectivity index (χ3n) is 5.94. The lowest BCUT2D eigenvalue weighted by atomic mass is 9.98. The second kappa shape index (κ2) is 10.4. The Morgan fingerprint density at radius 3 is 2.29 bits per heavy atom. The minimum absolute atomic E-state index is 0.00181. The number of carbonyl (C=O) groups excluding carboxylic acids is 2. The first kappa shape index (κ1) is 23.9. The van der Waals surface area contributed by atoms with Gasteiger partial charge in [-0.2, -0.15) is 0 Å². The molecule has 1 aromatic heterocycles. The lowest BCUT2D eigenvalue weighted by Gasteiger charge is -2.16. The van der Waals surface area contributed by atoms with Crippen LogP contribution in [0.4, 0.5) is 4.79 Å². The number of aliphatic carboxylic acids is 1. The third-order valence-corrected chi connectivity index (χ3v) is 5.94. The van der Waals surface area contributed by atoms with Gasteiger partial charge in [0.25, 0.3) is 5.91 Å². The van der Waals surface area contributed by atoms with Crippen LogP contribution in [-0.2, 0) is 16.1 Å². The molecular weight excluding hydrogens is 450 g/mol. The van der Waals surface area contributed by atoms with Gasteiger partial charge >= 0.3 is 12.1 Å². The lowest BCUT2D eigenvalue weighted by Crippen LogP contribution is -2.44. The van der Waals surface area contributed by atoms with Crippen LogP contribution in [0.25, 0.3) is 11.1 Å². The van der Waals surface area contributed by atoms with E-state index in [2.05, 4.69) is 45.2 Å². The van der Waals surface area contributed by atoms with Gasteiger partial charge < -0.3 is 20.5 Å². The highest BCUT2D eigenvalue weighted by Crippen LogP contribution is 2.44. The Balaban J connectivity index is 1.26. The number of rotatable bonds is 9. The van der Waals surface area contributed by atoms with Crippen LogP contribution < -0.4 is 10.6 Å². The Morgan fingerprint density at radius 2 is 1.69 bits per heavy atom. The smallest absolute Gasteiger partial charge is 0.407 e. The summed E-state index contributed by atoms with van der Waals surface area (Å²) in [6, 6.07) is 15.2. The van der Waals surface area contributed by atoms with Gasteiger partial charge in [0.2, 0.25) is 0 Å². The number of hydrogen-bond acceptors (Lipinski definition) is 6. The SMILES string of the molecule is CC(C)[C@@H](NC(=O)c1cn(CCNC(=O)OCC2c3ccccc3-c3ccccc32)nn1)C(=O)O. The van der Waals surface area contributed by atoms with E-state index in [1.807, 2.05) is 24.3 Å². The first-order valence-electron chi connectivity index (χ1n) is 11.4. The molecule has 0 unspecified atom stereocenters. The van der Waals surface area contributed by atoms with E-state index in [4.69, 9.17) is 4.74 Å². The third kappa shape index (κ3) is 5.32. The monoisotopic (exact) mass is 477 g/mol. The highest BCUT2D eigenvalue weighted by Gasteiger charge is 2.29. The average Bonchev–Trinajstić information content (AvgIpc) is 3.44. The van der Waals surface area contributed by atoms with Gasteiger partial charge in [-0.1, -0.05) is 67.6 Å². The average molecular weight is 478 g/mol. The lowest BCUT2D eigenvalue weighted by molar-refractivity contribution is -0.140. The normalized spacial score (nSPS) is 13.1. The summed E-state index contributed by atoms with van der Waals surface area (Å²) in [5, 5.41) is 22.0. The number of benzene rings is 2. The van der Waals surface area contributed by atoms with E-state index < -0.39 is 24.0 Å². The molecule has 0 fully saturated rings. The molecule has 3 aromatic rings. The number of carboxylic acids is 1. The van der Waals surface area contributed by atoms with Gasteiger partial charge in [0.05, 0.1) is 12.7 Å². The minimum Gasteiger partial charge on any atom is -0.480 e. The van der Waals surface area contributed by atoms with E-state index in [1.165, 1.54) is 10.9 Å². The van der Waals surface area contributed by atoms with Crippen LogP contribution in [-0.4, -0.2) is 57.3 Å². The largest absolute Gasteiger partial charge is 0.480 e. The second-order valence-corrected chi connectivity index (χ2v) is 8.65. The molecule has 35 heavy (non-hydrogen) atoms. The highest BCUT2D eigenvalue weighted by molar-refractivity contribution is 5.94. The fourth-order valence-electron chi connectivity index (χ4n) is 4.16. The van der Waals surface area contributed by atoms with Crippen molar-refractivity contribution in [1.82, 2.24) is 25.6 Å². The standard InChI is InChI=1S/C25H27N5O5/c1-15(2)22(24(32)33)27-23(31)21-13-30(29-28-21)12-11-26-25(34)35-14-20-18-9-5-3-7-16(18)17-8-4-6-10-19(17)20/h3-10,13,15,20,22H,11-12,14H2,1-2H3,(H,26,34)(H,27,31)(H,32,33)/t22-/m1/s1. The molecule has 3 N–H and O–H groups in total. The summed E-state index contributed by atoms with van der Waals surface area (Å²) < 4.78 is 6.89. The van der Waals surface area contributed by atoms with E-state index in [1.54, 1.807) is 13.8 Å². The number of nitrogens with one attached hydrogen (secondary N) is 2. The molecule has 0 radical (unpaired) electrons. The van der Waals surface area contributed by atoms with Crippen molar-refractivity contribution in [1.29, 1.82) is 0 Å². The number of fused-ring (bicyclic) bond motifs is 3. The quantitative estimate of drug-likeness (QED) is 0.431. The Hall–Kier alpha value is -4.21. The molecule has 2 amide bonds. The van der Waals surface area contributed by atoms with Crippen molar-refractivity contribution in [3.05, 3.63) is 71.5 Å². The van der Waals surface area contributed by atoms with Crippen molar-refractivity contribution in [2.75, 3.05) is 13.2 Å². The molecule has 182 valence electrons. The number of carboxylic acid groups (broad SMARTS) is 1. The number of alkyl carbamates (subject to hydrolysis) is 1. The number of carbonyl (C=O) groups is 3. The first-order valence-corrected chi connectivity index (χ1v) is 11.4. The van der Waals surface area contributed by atoms with Gasteiger partial charge in [-0.05, 0) is 28.2 Å². The van der Waals surface area contributed by atoms with Crippen LogP contribution in [0.5, 0.6) is 0 Å². The fraction of sp³-hybridized carbons (Fsp3) is 0.320. The molecule has 1 aliphatic carbocycles. The minimum atomic E-state index is -1.12. The molecule has 0 saturated heterocycles. The van der Waals surface area contributed by atoms with Crippen LogP contribution in [0.15, 0.2) is 54.7 Å². The van der Waals surface area contributed by atoms with Gasteiger partial charge in [-0.25, -0.2) is 14.3 Å². The van der Waals surface area contributed by atoms with E-state index in [-0.39, 0.29) is 37.2 Å². The maximum absolute atomic E-state index is 12.3. The molecule has 0 saturated carbocycles. The summed E-state index contributed by atoms with van der Waals surface area (Å²) in [5.41, 5.74) is 4.59. The summed E-state index contributed by atoms with van der Waals surface area (Å²) in [4.78, 5) is 35.8. The van der Waals surface area contributed by atoms with Gasteiger partial charge in [0, 0.05) is 12.5 Å². The van der Waals surface area contributed by atoms with Crippen molar-refractivity contribution in [3.8, 4) is 11.1 Å². The molecule has 10 nitrogen and oxygen atoms in total. The van der Waals surface area contributed by atoms with E-state index >= 15 is 0 Å². The van der Waals surface area contributed by atoms with Crippen molar-refractivity contribution in [2.24, 2.45) is 5.92 Å². The topological polar surface area (TPSA) is 135 Å². The van der Waals surface area contributed by atoms with Gasteiger partial charge in [-0.3, -0.25) is 4.79 Å². The highest BCUT2D eigenvalue weighted by atomic mass is 16.5. The predicted molar refractivity (Wildman–Crippen MR) is 127 cm³/mol. The number of ether oxygens (including phenoxy) is 1. The van der Waals surface area contributed by atoms with Crippen LogP contribution >= 0.6 is 0 Å². The predicted octanol–water partition coefficient (Wildman–Crippen LogP) is 2.66. The zero-order chi connectivity index (χ0) is 24.9. The summed E-state index contributed by atoms with van der Waals surface area (Å²) in [6.07, 6.45) is 0.847. The van der Waals surface area contributed by atoms with Crippen molar-refractivity contribution >= 4 is 18.0 Å². The molecule has 1 aliphatic rings. The van der Waals surface area contributed by atoms with Crippen molar-refractivity contribution in [3.63, 3.8) is 0 Å². The zero-order valence-corrected chi connectivity index (χ0v) is 19.5. The molecule has 1 atom stereocenters. The van der Waals surface area contributed by atoms with Crippen LogP contribution in [0, 0.1) is 5.92 Å². The summed E-state index contributed by atoms with van der Waals surface area (Å²) in [5.74, 6) is -2.05. The van der Waals surface area contributed by atoms with E-state index in [0.29, 0.717) is 0 Å². The van der Waals surface area contributed by atoms with Crippen LogP contribution in [0.2, 0.25) is 0 Å². The Kier molecular flexibility index (Phi) is 7.09. The molecule has 10 heteroatoms. The van der Waals surface area contributed by atoms with E-state index in [0.717, 1.165) is 22.3 Å². The Morgan fingerprint density at radius 1 is 1.06 bits per heavy atom. The number of aromatic nitrogens is 3. The fourth-order valence-corrected chi connectivity index (χ4v) is 4.16. The molecule has 0 bridgehead atoms. The van der Waals surface area contributed by atoms with Gasteiger partial charge in [0.15, 0.2) is 5.69 Å². The Bertz CT molecular complexity index is 1190. The molecule has 0 spiro atoms. The summed E-state index contributed by atoms with van der Waals surface area (Å²) >= 11 is 0. The molecule has 2 aromatic carbocycles. The molecule has 1 heterocycles. The molecular formula is C25H27N5O5. The molecule has 4 rings (SSSR count). The van der Waals surface area contributed by atoms with Gasteiger partial charge in [-0.15, -0.1) is 5.10 Å². The van der Waals surface area contributed by atoms with Crippen molar-refractivity contribution < 1.29 is 24.2 Å². The van der Waals surface area contributed by atoms with Crippen molar-refractivity contribution in [2.45, 2.75) is 32.4 Å². The number of nitrogens with zero attached hydrogens (tertiary/aromatic N) is 3. The second-order valence-electron chi connectivity index (χ2n) is 8.65. The maximum atomic E-state index is 12.3. The number of hydrogen-bond donors (Lipinski definition) is 3. The maximum Gasteiger partial charge on any atom is 0.407 e. The summed E-state index contributed by atoms with van der Waals surface area (Å²) in [7, 11) is 0. The zero-order valence-electron chi connectivity index (χ0n) is 19.5. The first-order chi connectivity index (χ1) is 16.8. The molecule has 0 aliphatic heterocycles.